The average Bonchev–Trinajstić information content (AvgIpc) is 3.33. The van der Waals surface area contributed by atoms with Crippen molar-refractivity contribution in [3.8, 4) is 0 Å². The largest absolute Gasteiger partial charge is 0.357 e. The fourth-order valence-electron chi connectivity index (χ4n) is 3.35. The number of hydrogen-bond acceptors (Lipinski definition) is 2. The van der Waals surface area contributed by atoms with Gasteiger partial charge in [-0.2, -0.15) is 0 Å². The maximum absolute atomic E-state index is 12.1. The zero-order valence-corrected chi connectivity index (χ0v) is 18.3. The van der Waals surface area contributed by atoms with Crippen molar-refractivity contribution in [3.63, 3.8) is 0 Å². The van der Waals surface area contributed by atoms with Gasteiger partial charge in [0.25, 0.3) is 0 Å². The van der Waals surface area contributed by atoms with Crippen LogP contribution in [0.3, 0.4) is 0 Å². The summed E-state index contributed by atoms with van der Waals surface area (Å²) in [5.74, 6) is 0.843. The zero-order chi connectivity index (χ0) is 18.2. The van der Waals surface area contributed by atoms with Gasteiger partial charge in [0.2, 0.25) is 5.91 Å². The van der Waals surface area contributed by atoms with E-state index in [4.69, 9.17) is 0 Å². The summed E-state index contributed by atoms with van der Waals surface area (Å²) in [7, 11) is 0. The molecule has 0 atom stereocenters. The molecule has 3 rings (SSSR count). The van der Waals surface area contributed by atoms with Crippen molar-refractivity contribution in [1.82, 2.24) is 20.1 Å². The number of aryl methyl sites for hydroxylation is 1. The topological polar surface area (TPSA) is 61.7 Å². The monoisotopic (exact) mass is 483 g/mol. The first-order valence-electron chi connectivity index (χ1n) is 9.62. The Morgan fingerprint density at radius 3 is 2.70 bits per heavy atom. The minimum Gasteiger partial charge on any atom is -0.357 e. The molecule has 148 valence electrons. The summed E-state index contributed by atoms with van der Waals surface area (Å²) in [6.07, 6.45) is 5.35. The first-order valence-corrected chi connectivity index (χ1v) is 9.62. The molecule has 1 aliphatic rings. The molecule has 0 bridgehead atoms. The Bertz CT molecular complexity index is 752. The van der Waals surface area contributed by atoms with E-state index < -0.39 is 0 Å². The van der Waals surface area contributed by atoms with E-state index in [1.54, 1.807) is 0 Å². The fraction of sp³-hybridized carbons (Fsp3) is 0.500. The lowest BCUT2D eigenvalue weighted by Gasteiger charge is -2.15. The van der Waals surface area contributed by atoms with Crippen LogP contribution in [-0.4, -0.2) is 54.1 Å². The zero-order valence-electron chi connectivity index (χ0n) is 16.0. The van der Waals surface area contributed by atoms with Crippen LogP contribution in [0, 0.1) is 0 Å². The molecule has 7 heteroatoms. The number of rotatable bonds is 7. The molecule has 27 heavy (non-hydrogen) atoms. The number of aliphatic imine (C=N–C) groups is 1. The van der Waals surface area contributed by atoms with Gasteiger partial charge >= 0.3 is 0 Å². The Labute approximate surface area is 178 Å². The van der Waals surface area contributed by atoms with Crippen LogP contribution < -0.4 is 10.6 Å². The minimum atomic E-state index is 0. The van der Waals surface area contributed by atoms with Gasteiger partial charge in [0.1, 0.15) is 6.54 Å². The summed E-state index contributed by atoms with van der Waals surface area (Å²) in [4.78, 5) is 18.5. The molecule has 6 nitrogen and oxygen atoms in total. The fourth-order valence-corrected chi connectivity index (χ4v) is 3.35. The summed E-state index contributed by atoms with van der Waals surface area (Å²) in [6, 6.07) is 10.6. The molecule has 1 saturated heterocycles. The van der Waals surface area contributed by atoms with Crippen molar-refractivity contribution in [1.29, 1.82) is 0 Å². The van der Waals surface area contributed by atoms with Gasteiger partial charge in [0.05, 0.1) is 0 Å². The van der Waals surface area contributed by atoms with Gasteiger partial charge in [0, 0.05) is 44.4 Å². The molecule has 1 aliphatic heterocycles. The molecule has 0 radical (unpaired) electrons. The maximum Gasteiger partial charge on any atom is 0.244 e. The quantitative estimate of drug-likeness (QED) is 0.276. The third kappa shape index (κ3) is 6.12. The minimum absolute atomic E-state index is 0. The van der Waals surface area contributed by atoms with Crippen LogP contribution in [0.1, 0.15) is 26.2 Å². The van der Waals surface area contributed by atoms with Crippen LogP contribution in [0.15, 0.2) is 41.5 Å². The first kappa shape index (κ1) is 21.5. The van der Waals surface area contributed by atoms with Crippen molar-refractivity contribution in [2.24, 2.45) is 4.99 Å². The van der Waals surface area contributed by atoms with E-state index in [1.165, 1.54) is 10.9 Å². The van der Waals surface area contributed by atoms with Gasteiger partial charge in [-0.25, -0.2) is 4.99 Å². The third-order valence-corrected chi connectivity index (χ3v) is 4.72. The molecule has 2 aromatic rings. The highest BCUT2D eigenvalue weighted by molar-refractivity contribution is 14.0. The number of nitrogens with zero attached hydrogens (tertiary/aromatic N) is 3. The van der Waals surface area contributed by atoms with E-state index in [1.807, 2.05) is 11.8 Å². The molecule has 2 N–H and O–H groups in total. The molecule has 2 heterocycles. The predicted octanol–water partition coefficient (Wildman–Crippen LogP) is 2.83. The standard InChI is InChI=1S/C20H29N5O.HI/c1-2-21-20(23-16-19(26)25-12-5-6-13-25)22-11-7-14-24-15-10-17-8-3-4-9-18(17)24;/h3-4,8-10,15H,2,5-7,11-14,16H2,1H3,(H2,21,22,23);1H. The molecule has 1 aromatic carbocycles. The molecule has 1 aromatic heterocycles. The number of para-hydroxylation sites is 1. The lowest BCUT2D eigenvalue weighted by Crippen LogP contribution is -2.39. The lowest BCUT2D eigenvalue weighted by atomic mass is 10.2. The van der Waals surface area contributed by atoms with E-state index in [0.29, 0.717) is 0 Å². The number of guanidine groups is 1. The molecular formula is C20H30IN5O. The number of fused-ring (bicyclic) bond motifs is 1. The second kappa shape index (κ2) is 11.2. The summed E-state index contributed by atoms with van der Waals surface area (Å²) >= 11 is 0. The molecule has 0 saturated carbocycles. The first-order chi connectivity index (χ1) is 12.8. The van der Waals surface area contributed by atoms with Crippen molar-refractivity contribution in [3.05, 3.63) is 36.5 Å². The van der Waals surface area contributed by atoms with Crippen molar-refractivity contribution >= 4 is 46.7 Å². The van der Waals surface area contributed by atoms with Gasteiger partial charge in [-0.3, -0.25) is 4.79 Å². The lowest BCUT2D eigenvalue weighted by molar-refractivity contribution is -0.128. The summed E-state index contributed by atoms with van der Waals surface area (Å²) in [6.45, 7) is 6.56. The third-order valence-electron chi connectivity index (χ3n) is 4.72. The van der Waals surface area contributed by atoms with E-state index in [2.05, 4.69) is 56.7 Å². The van der Waals surface area contributed by atoms with Gasteiger partial charge in [-0.05, 0) is 43.7 Å². The smallest absolute Gasteiger partial charge is 0.244 e. The molecule has 0 unspecified atom stereocenters. The van der Waals surface area contributed by atoms with E-state index >= 15 is 0 Å². The normalized spacial score (nSPS) is 14.3. The Kier molecular flexibility index (Phi) is 8.90. The number of amides is 1. The second-order valence-electron chi connectivity index (χ2n) is 6.63. The van der Waals surface area contributed by atoms with Crippen LogP contribution in [0.2, 0.25) is 0 Å². The van der Waals surface area contributed by atoms with Gasteiger partial charge in [-0.15, -0.1) is 24.0 Å². The number of aromatic nitrogens is 1. The number of likely N-dealkylation sites (tertiary alicyclic amines) is 1. The van der Waals surface area contributed by atoms with Crippen LogP contribution >= 0.6 is 24.0 Å². The maximum atomic E-state index is 12.1. The Morgan fingerprint density at radius 1 is 1.15 bits per heavy atom. The van der Waals surface area contributed by atoms with Gasteiger partial charge in [0.15, 0.2) is 5.96 Å². The van der Waals surface area contributed by atoms with Crippen molar-refractivity contribution in [2.45, 2.75) is 32.7 Å². The van der Waals surface area contributed by atoms with Crippen molar-refractivity contribution in [2.75, 3.05) is 32.7 Å². The number of nitrogens with one attached hydrogen (secondary N) is 2. The highest BCUT2D eigenvalue weighted by atomic mass is 127. The van der Waals surface area contributed by atoms with Gasteiger partial charge in [-0.1, -0.05) is 18.2 Å². The van der Waals surface area contributed by atoms with Crippen LogP contribution in [0.4, 0.5) is 0 Å². The SMILES string of the molecule is CCNC(=NCC(=O)N1CCCC1)NCCCn1ccc2ccccc21.I. The number of hydrogen-bond donors (Lipinski definition) is 2. The Morgan fingerprint density at radius 2 is 1.93 bits per heavy atom. The van der Waals surface area contributed by atoms with Crippen LogP contribution in [0.25, 0.3) is 10.9 Å². The Balaban J connectivity index is 0.00000261. The highest BCUT2D eigenvalue weighted by Crippen LogP contribution is 2.15. The number of carbonyl (C=O) groups is 1. The van der Waals surface area contributed by atoms with Crippen molar-refractivity contribution < 1.29 is 4.79 Å². The second-order valence-corrected chi connectivity index (χ2v) is 6.63. The molecule has 1 fully saturated rings. The number of benzene rings is 1. The molecule has 0 spiro atoms. The average molecular weight is 483 g/mol. The highest BCUT2D eigenvalue weighted by Gasteiger charge is 2.17. The summed E-state index contributed by atoms with van der Waals surface area (Å²) in [5, 5.41) is 7.82. The summed E-state index contributed by atoms with van der Waals surface area (Å²) in [5.41, 5.74) is 1.27. The van der Waals surface area contributed by atoms with E-state index in [9.17, 15) is 4.79 Å². The number of halogens is 1. The van der Waals surface area contributed by atoms with Crippen LogP contribution in [-0.2, 0) is 11.3 Å². The number of carbonyl (C=O) groups excluding carboxylic acids is 1. The molecule has 1 amide bonds. The predicted molar refractivity (Wildman–Crippen MR) is 122 cm³/mol. The van der Waals surface area contributed by atoms with E-state index in [0.717, 1.165) is 57.9 Å². The molecular weight excluding hydrogens is 453 g/mol. The van der Waals surface area contributed by atoms with Crippen LogP contribution in [0.5, 0.6) is 0 Å². The molecule has 0 aliphatic carbocycles. The Hall–Kier alpha value is -1.77. The summed E-state index contributed by atoms with van der Waals surface area (Å²) < 4.78 is 2.28. The van der Waals surface area contributed by atoms with Gasteiger partial charge < -0.3 is 20.1 Å². The van der Waals surface area contributed by atoms with E-state index in [-0.39, 0.29) is 36.4 Å².